The maximum atomic E-state index is 12.2. The molecule has 0 saturated carbocycles. The van der Waals surface area contributed by atoms with E-state index in [0.29, 0.717) is 18.7 Å². The Morgan fingerprint density at radius 2 is 1.89 bits per heavy atom. The summed E-state index contributed by atoms with van der Waals surface area (Å²) in [7, 11) is -3.33. The molecular weight excluding hydrogens is 378 g/mol. The molecule has 148 valence electrons. The van der Waals surface area contributed by atoms with Crippen LogP contribution in [0.15, 0.2) is 53.6 Å². The molecule has 1 amide bonds. The molecule has 3 rings (SSSR count). The van der Waals surface area contributed by atoms with Gasteiger partial charge < -0.3 is 4.74 Å². The number of anilines is 1. The largest absolute Gasteiger partial charge is 0.494 e. The molecule has 8 heteroatoms. The summed E-state index contributed by atoms with van der Waals surface area (Å²) in [5, 5.41) is 6.01. The van der Waals surface area contributed by atoms with Gasteiger partial charge in [-0.25, -0.2) is 13.4 Å². The SMILES string of the molecule is CCOc1ccccc1[C@@H]1CC(c2ccc(NS(C)(=O)=O)cc2)=NN1C(C)=O. The van der Waals surface area contributed by atoms with Crippen molar-refractivity contribution in [1.29, 1.82) is 0 Å². The van der Waals surface area contributed by atoms with Gasteiger partial charge in [0, 0.05) is 24.6 Å². The van der Waals surface area contributed by atoms with Crippen molar-refractivity contribution < 1.29 is 17.9 Å². The normalized spacial score (nSPS) is 16.6. The van der Waals surface area contributed by atoms with Gasteiger partial charge in [-0.1, -0.05) is 30.3 Å². The smallest absolute Gasteiger partial charge is 0.240 e. The van der Waals surface area contributed by atoms with Crippen molar-refractivity contribution in [2.24, 2.45) is 5.10 Å². The number of hydrogen-bond acceptors (Lipinski definition) is 5. The van der Waals surface area contributed by atoms with Crippen molar-refractivity contribution in [1.82, 2.24) is 5.01 Å². The number of amides is 1. The van der Waals surface area contributed by atoms with Crippen LogP contribution in [0.5, 0.6) is 5.75 Å². The van der Waals surface area contributed by atoms with Crippen molar-refractivity contribution in [3.63, 3.8) is 0 Å². The number of carbonyl (C=O) groups excluding carboxylic acids is 1. The van der Waals surface area contributed by atoms with Crippen LogP contribution in [-0.4, -0.2) is 37.9 Å². The first-order valence-electron chi connectivity index (χ1n) is 8.95. The second-order valence-corrected chi connectivity index (χ2v) is 8.30. The molecule has 1 aliphatic rings. The van der Waals surface area contributed by atoms with Crippen LogP contribution < -0.4 is 9.46 Å². The summed E-state index contributed by atoms with van der Waals surface area (Å²) in [5.41, 5.74) is 2.99. The van der Waals surface area contributed by atoms with Crippen LogP contribution in [0.2, 0.25) is 0 Å². The highest BCUT2D eigenvalue weighted by Gasteiger charge is 2.33. The third kappa shape index (κ3) is 4.51. The summed E-state index contributed by atoms with van der Waals surface area (Å²) < 4.78 is 30.9. The van der Waals surface area contributed by atoms with E-state index in [-0.39, 0.29) is 11.9 Å². The lowest BCUT2D eigenvalue weighted by Crippen LogP contribution is -2.24. The Labute approximate surface area is 165 Å². The maximum Gasteiger partial charge on any atom is 0.240 e. The number of hydrazone groups is 1. The average molecular weight is 401 g/mol. The van der Waals surface area contributed by atoms with E-state index in [4.69, 9.17) is 4.74 Å². The molecule has 0 fully saturated rings. The van der Waals surface area contributed by atoms with Crippen molar-refractivity contribution in [2.45, 2.75) is 26.3 Å². The Hall–Kier alpha value is -2.87. The molecule has 1 aliphatic heterocycles. The van der Waals surface area contributed by atoms with Crippen LogP contribution >= 0.6 is 0 Å². The van der Waals surface area contributed by atoms with Gasteiger partial charge in [-0.05, 0) is 30.7 Å². The van der Waals surface area contributed by atoms with Gasteiger partial charge in [0.25, 0.3) is 0 Å². The third-order valence-electron chi connectivity index (χ3n) is 4.33. The average Bonchev–Trinajstić information content (AvgIpc) is 3.07. The van der Waals surface area contributed by atoms with Crippen molar-refractivity contribution in [2.75, 3.05) is 17.6 Å². The second kappa shape index (κ2) is 8.02. The number of para-hydroxylation sites is 1. The zero-order valence-corrected chi connectivity index (χ0v) is 16.9. The molecular formula is C20H23N3O4S. The predicted octanol–water partition coefficient (Wildman–Crippen LogP) is 3.15. The highest BCUT2D eigenvalue weighted by Crippen LogP contribution is 2.37. The van der Waals surface area contributed by atoms with Crippen LogP contribution in [0, 0.1) is 0 Å². The summed E-state index contributed by atoms with van der Waals surface area (Å²) in [6.07, 6.45) is 1.65. The molecule has 0 unspecified atom stereocenters. The van der Waals surface area contributed by atoms with E-state index in [1.54, 1.807) is 24.3 Å². The molecule has 28 heavy (non-hydrogen) atoms. The molecule has 1 N–H and O–H groups in total. The van der Waals surface area contributed by atoms with Gasteiger partial charge >= 0.3 is 0 Å². The van der Waals surface area contributed by atoms with Crippen LogP contribution in [0.3, 0.4) is 0 Å². The Morgan fingerprint density at radius 1 is 1.21 bits per heavy atom. The number of hydrogen-bond donors (Lipinski definition) is 1. The van der Waals surface area contributed by atoms with Crippen LogP contribution in [0.1, 0.15) is 37.4 Å². The number of carbonyl (C=O) groups is 1. The standard InChI is InChI=1S/C20H23N3O4S/c1-4-27-20-8-6-5-7-17(20)19-13-18(21-23(19)14(2)24)15-9-11-16(12-10-15)22-28(3,25)26/h5-12,19,22H,4,13H2,1-3H3/t19-/m0/s1. The Morgan fingerprint density at radius 3 is 2.50 bits per heavy atom. The molecule has 0 saturated heterocycles. The Kier molecular flexibility index (Phi) is 5.69. The first-order chi connectivity index (χ1) is 13.3. The van der Waals surface area contributed by atoms with Gasteiger partial charge in [-0.3, -0.25) is 9.52 Å². The topological polar surface area (TPSA) is 88.1 Å². The molecule has 0 aromatic heterocycles. The van der Waals surface area contributed by atoms with Crippen molar-refractivity contribution in [3.8, 4) is 5.75 Å². The third-order valence-corrected chi connectivity index (χ3v) is 4.94. The molecule has 1 heterocycles. The highest BCUT2D eigenvalue weighted by molar-refractivity contribution is 7.92. The summed E-state index contributed by atoms with van der Waals surface area (Å²) in [6, 6.07) is 14.4. The van der Waals surface area contributed by atoms with Crippen molar-refractivity contribution >= 4 is 27.3 Å². The Balaban J connectivity index is 1.89. The maximum absolute atomic E-state index is 12.2. The minimum Gasteiger partial charge on any atom is -0.494 e. The summed E-state index contributed by atoms with van der Waals surface area (Å²) in [6.45, 7) is 3.94. The fraction of sp³-hybridized carbons (Fsp3) is 0.300. The van der Waals surface area contributed by atoms with Gasteiger partial charge in [0.1, 0.15) is 5.75 Å². The number of sulfonamides is 1. The molecule has 1 atom stereocenters. The lowest BCUT2D eigenvalue weighted by molar-refractivity contribution is -0.130. The number of ether oxygens (including phenoxy) is 1. The number of nitrogens with zero attached hydrogens (tertiary/aromatic N) is 2. The van der Waals surface area contributed by atoms with Gasteiger partial charge in [0.2, 0.25) is 15.9 Å². The highest BCUT2D eigenvalue weighted by atomic mass is 32.2. The molecule has 0 bridgehead atoms. The fourth-order valence-corrected chi connectivity index (χ4v) is 3.77. The Bertz CT molecular complexity index is 1000. The monoisotopic (exact) mass is 401 g/mol. The van der Waals surface area contributed by atoms with Gasteiger partial charge in [-0.15, -0.1) is 0 Å². The molecule has 2 aromatic carbocycles. The van der Waals surface area contributed by atoms with Gasteiger partial charge in [-0.2, -0.15) is 5.10 Å². The summed E-state index contributed by atoms with van der Waals surface area (Å²) >= 11 is 0. The van der Waals surface area contributed by atoms with E-state index in [9.17, 15) is 13.2 Å². The molecule has 0 spiro atoms. The molecule has 7 nitrogen and oxygen atoms in total. The lowest BCUT2D eigenvalue weighted by Gasteiger charge is -2.22. The van der Waals surface area contributed by atoms with E-state index in [2.05, 4.69) is 9.82 Å². The van der Waals surface area contributed by atoms with E-state index < -0.39 is 10.0 Å². The van der Waals surface area contributed by atoms with E-state index in [1.165, 1.54) is 11.9 Å². The predicted molar refractivity (Wildman–Crippen MR) is 109 cm³/mol. The number of rotatable bonds is 6. The minimum atomic E-state index is -3.33. The zero-order valence-electron chi connectivity index (χ0n) is 16.0. The van der Waals surface area contributed by atoms with Crippen LogP contribution in [0.25, 0.3) is 0 Å². The fourth-order valence-electron chi connectivity index (χ4n) is 3.20. The minimum absolute atomic E-state index is 0.151. The molecule has 0 aliphatic carbocycles. The lowest BCUT2D eigenvalue weighted by atomic mass is 9.97. The van der Waals surface area contributed by atoms with Crippen molar-refractivity contribution in [3.05, 3.63) is 59.7 Å². The first kappa shape index (κ1) is 19.9. The van der Waals surface area contributed by atoms with E-state index in [1.807, 2.05) is 31.2 Å². The summed E-state index contributed by atoms with van der Waals surface area (Å²) in [4.78, 5) is 12.2. The van der Waals surface area contributed by atoms with Gasteiger partial charge in [0.15, 0.2) is 0 Å². The first-order valence-corrected chi connectivity index (χ1v) is 10.8. The molecule has 0 radical (unpaired) electrons. The van der Waals surface area contributed by atoms with Crippen LogP contribution in [-0.2, 0) is 14.8 Å². The quantitative estimate of drug-likeness (QED) is 0.805. The molecule has 2 aromatic rings. The summed E-state index contributed by atoms with van der Waals surface area (Å²) in [5.74, 6) is 0.590. The van der Waals surface area contributed by atoms with Crippen LogP contribution in [0.4, 0.5) is 5.69 Å². The van der Waals surface area contributed by atoms with E-state index >= 15 is 0 Å². The van der Waals surface area contributed by atoms with Gasteiger partial charge in [0.05, 0.1) is 24.6 Å². The zero-order chi connectivity index (χ0) is 20.3. The number of nitrogens with one attached hydrogen (secondary N) is 1. The number of benzene rings is 2. The second-order valence-electron chi connectivity index (χ2n) is 6.55. The van der Waals surface area contributed by atoms with E-state index in [0.717, 1.165) is 28.8 Å².